The third-order valence-corrected chi connectivity index (χ3v) is 4.08. The smallest absolute Gasteiger partial charge is 0.230 e. The Balaban J connectivity index is 1.95. The van der Waals surface area contributed by atoms with Gasteiger partial charge in [0.05, 0.1) is 22.4 Å². The first-order valence-electron chi connectivity index (χ1n) is 5.72. The van der Waals surface area contributed by atoms with Gasteiger partial charge in [0.1, 0.15) is 0 Å². The molecule has 0 radical (unpaired) electrons. The summed E-state index contributed by atoms with van der Waals surface area (Å²) < 4.78 is 6.00. The van der Waals surface area contributed by atoms with Gasteiger partial charge >= 0.3 is 0 Å². The molecule has 5 nitrogen and oxygen atoms in total. The van der Waals surface area contributed by atoms with Gasteiger partial charge in [0.15, 0.2) is 5.82 Å². The molecule has 0 N–H and O–H groups in total. The maximum atomic E-state index is 5.98. The molecule has 0 aromatic carbocycles. The maximum Gasteiger partial charge on any atom is 0.230 e. The molecule has 3 rings (SSSR count). The van der Waals surface area contributed by atoms with Crippen molar-refractivity contribution >= 4 is 40.5 Å². The third-order valence-electron chi connectivity index (χ3n) is 2.68. The van der Waals surface area contributed by atoms with Crippen molar-refractivity contribution in [2.75, 3.05) is 31.2 Å². The Hall–Kier alpha value is -0.950. The van der Waals surface area contributed by atoms with E-state index in [-0.39, 0.29) is 5.28 Å². The first-order chi connectivity index (χ1) is 9.22. The number of anilines is 1. The summed E-state index contributed by atoms with van der Waals surface area (Å²) in [5, 5.41) is 0.191. The van der Waals surface area contributed by atoms with E-state index in [0.717, 1.165) is 18.0 Å². The minimum absolute atomic E-state index is 0.191. The van der Waals surface area contributed by atoms with E-state index in [1.54, 1.807) is 0 Å². The van der Waals surface area contributed by atoms with Gasteiger partial charge in [-0.3, -0.25) is 0 Å². The van der Waals surface area contributed by atoms with Gasteiger partial charge in [-0.2, -0.15) is 15.0 Å². The number of hydrogen-bond acceptors (Lipinski definition) is 6. The van der Waals surface area contributed by atoms with E-state index in [4.69, 9.17) is 27.9 Å². The average molecular weight is 317 g/mol. The van der Waals surface area contributed by atoms with Crippen molar-refractivity contribution in [2.24, 2.45) is 0 Å². The summed E-state index contributed by atoms with van der Waals surface area (Å²) in [6.07, 6.45) is 0. The Labute approximate surface area is 124 Å². The fourth-order valence-electron chi connectivity index (χ4n) is 1.79. The van der Waals surface area contributed by atoms with Crippen molar-refractivity contribution in [2.45, 2.75) is 0 Å². The highest BCUT2D eigenvalue weighted by Crippen LogP contribution is 2.30. The van der Waals surface area contributed by atoms with Crippen LogP contribution < -0.4 is 4.90 Å². The molecule has 0 bridgehead atoms. The second-order valence-electron chi connectivity index (χ2n) is 3.93. The van der Waals surface area contributed by atoms with Crippen LogP contribution in [0.4, 0.5) is 5.95 Å². The van der Waals surface area contributed by atoms with Crippen LogP contribution in [0.5, 0.6) is 0 Å². The van der Waals surface area contributed by atoms with Crippen LogP contribution in [-0.2, 0) is 4.74 Å². The highest BCUT2D eigenvalue weighted by atomic mass is 35.5. The standard InChI is InChI=1S/C11H10Cl2N4OS/c12-8-2-1-7(19-8)9-14-10(13)16-11(15-9)17-3-5-18-6-4-17/h1-2H,3-6H2. The summed E-state index contributed by atoms with van der Waals surface area (Å²) in [7, 11) is 0. The number of ether oxygens (including phenoxy) is 1. The van der Waals surface area contributed by atoms with Crippen molar-refractivity contribution in [1.29, 1.82) is 0 Å². The van der Waals surface area contributed by atoms with E-state index in [0.29, 0.717) is 29.3 Å². The van der Waals surface area contributed by atoms with Crippen LogP contribution in [0.3, 0.4) is 0 Å². The van der Waals surface area contributed by atoms with Gasteiger partial charge in [0.25, 0.3) is 0 Å². The van der Waals surface area contributed by atoms with E-state index in [2.05, 4.69) is 15.0 Å². The Morgan fingerprint density at radius 3 is 2.58 bits per heavy atom. The Bertz CT molecular complexity index is 586. The van der Waals surface area contributed by atoms with Gasteiger partial charge < -0.3 is 9.64 Å². The summed E-state index contributed by atoms with van der Waals surface area (Å²) in [4.78, 5) is 15.7. The molecule has 2 aromatic heterocycles. The highest BCUT2D eigenvalue weighted by molar-refractivity contribution is 7.19. The first-order valence-corrected chi connectivity index (χ1v) is 7.29. The number of rotatable bonds is 2. The molecular formula is C11H10Cl2N4OS. The van der Waals surface area contributed by atoms with E-state index >= 15 is 0 Å². The number of aromatic nitrogens is 3. The molecule has 3 heterocycles. The van der Waals surface area contributed by atoms with E-state index < -0.39 is 0 Å². The zero-order valence-corrected chi connectivity index (χ0v) is 12.2. The van der Waals surface area contributed by atoms with Crippen molar-refractivity contribution in [3.05, 3.63) is 21.8 Å². The van der Waals surface area contributed by atoms with E-state index in [9.17, 15) is 0 Å². The second kappa shape index (κ2) is 5.58. The summed E-state index contributed by atoms with van der Waals surface area (Å²) in [6, 6.07) is 3.69. The van der Waals surface area contributed by atoms with Gasteiger partial charge in [0, 0.05) is 13.1 Å². The number of hydrogen-bond donors (Lipinski definition) is 0. The van der Waals surface area contributed by atoms with Gasteiger partial charge in [-0.25, -0.2) is 0 Å². The average Bonchev–Trinajstić information content (AvgIpc) is 2.86. The molecule has 0 amide bonds. The number of halogens is 2. The molecule has 0 atom stereocenters. The van der Waals surface area contributed by atoms with Gasteiger partial charge in [-0.1, -0.05) is 11.6 Å². The van der Waals surface area contributed by atoms with Crippen LogP contribution in [0.1, 0.15) is 0 Å². The Morgan fingerprint density at radius 2 is 1.89 bits per heavy atom. The molecule has 100 valence electrons. The summed E-state index contributed by atoms with van der Waals surface area (Å²) in [5.74, 6) is 1.14. The van der Waals surface area contributed by atoms with E-state index in [1.165, 1.54) is 11.3 Å². The van der Waals surface area contributed by atoms with Crippen LogP contribution >= 0.6 is 34.5 Å². The van der Waals surface area contributed by atoms with E-state index in [1.807, 2.05) is 17.0 Å². The number of morpholine rings is 1. The Kier molecular flexibility index (Phi) is 3.83. The lowest BCUT2D eigenvalue weighted by atomic mass is 10.4. The van der Waals surface area contributed by atoms with Crippen molar-refractivity contribution in [3.63, 3.8) is 0 Å². The lowest BCUT2D eigenvalue weighted by Gasteiger charge is -2.26. The minimum atomic E-state index is 0.191. The molecule has 19 heavy (non-hydrogen) atoms. The largest absolute Gasteiger partial charge is 0.378 e. The van der Waals surface area contributed by atoms with Crippen LogP contribution in [0.25, 0.3) is 10.7 Å². The fourth-order valence-corrected chi connectivity index (χ4v) is 2.92. The molecule has 1 aliphatic rings. The SMILES string of the molecule is Clc1nc(-c2ccc(Cl)s2)nc(N2CCOCC2)n1. The molecule has 1 aliphatic heterocycles. The zero-order valence-electron chi connectivity index (χ0n) is 9.84. The molecule has 1 saturated heterocycles. The second-order valence-corrected chi connectivity index (χ2v) is 5.98. The quantitative estimate of drug-likeness (QED) is 0.852. The topological polar surface area (TPSA) is 51.1 Å². The summed E-state index contributed by atoms with van der Waals surface area (Å²) >= 11 is 13.3. The molecule has 1 fully saturated rings. The predicted molar refractivity (Wildman–Crippen MR) is 76.2 cm³/mol. The van der Waals surface area contributed by atoms with Crippen molar-refractivity contribution in [3.8, 4) is 10.7 Å². The zero-order chi connectivity index (χ0) is 13.2. The lowest BCUT2D eigenvalue weighted by Crippen LogP contribution is -2.37. The summed E-state index contributed by atoms with van der Waals surface area (Å²) in [5.41, 5.74) is 0. The molecule has 0 aliphatic carbocycles. The van der Waals surface area contributed by atoms with Crippen LogP contribution in [0, 0.1) is 0 Å². The van der Waals surface area contributed by atoms with Gasteiger partial charge in [-0.05, 0) is 23.7 Å². The molecule has 0 saturated carbocycles. The van der Waals surface area contributed by atoms with Crippen molar-refractivity contribution < 1.29 is 4.74 Å². The monoisotopic (exact) mass is 316 g/mol. The lowest BCUT2D eigenvalue weighted by molar-refractivity contribution is 0.122. The molecule has 2 aromatic rings. The fraction of sp³-hybridized carbons (Fsp3) is 0.364. The molecule has 0 unspecified atom stereocenters. The minimum Gasteiger partial charge on any atom is -0.378 e. The number of nitrogens with zero attached hydrogens (tertiary/aromatic N) is 4. The number of thiophene rings is 1. The maximum absolute atomic E-state index is 5.98. The first kappa shape index (κ1) is 13.1. The molecular weight excluding hydrogens is 307 g/mol. The van der Waals surface area contributed by atoms with Crippen molar-refractivity contribution in [1.82, 2.24) is 15.0 Å². The van der Waals surface area contributed by atoms with Crippen LogP contribution in [0.2, 0.25) is 9.62 Å². The molecule has 8 heteroatoms. The normalized spacial score (nSPS) is 15.8. The Morgan fingerprint density at radius 1 is 1.11 bits per heavy atom. The summed E-state index contributed by atoms with van der Waals surface area (Å²) in [6.45, 7) is 2.85. The van der Waals surface area contributed by atoms with Gasteiger partial charge in [0.2, 0.25) is 11.2 Å². The van der Waals surface area contributed by atoms with Crippen LogP contribution in [0.15, 0.2) is 12.1 Å². The molecule has 0 spiro atoms. The highest BCUT2D eigenvalue weighted by Gasteiger charge is 2.17. The van der Waals surface area contributed by atoms with Crippen LogP contribution in [-0.4, -0.2) is 41.3 Å². The predicted octanol–water partition coefficient (Wildman–Crippen LogP) is 2.74. The van der Waals surface area contributed by atoms with Gasteiger partial charge in [-0.15, -0.1) is 11.3 Å². The third kappa shape index (κ3) is 2.97.